The van der Waals surface area contributed by atoms with Crippen molar-refractivity contribution in [2.24, 2.45) is 4.99 Å². The Morgan fingerprint density at radius 3 is 2.68 bits per heavy atom. The van der Waals surface area contributed by atoms with Crippen molar-refractivity contribution >= 4 is 51.1 Å². The van der Waals surface area contributed by atoms with Crippen LogP contribution in [0.3, 0.4) is 0 Å². The summed E-state index contributed by atoms with van der Waals surface area (Å²) in [4.78, 5) is 32.5. The van der Waals surface area contributed by atoms with Crippen LogP contribution in [-0.2, 0) is 9.53 Å². The Labute approximate surface area is 195 Å². The molecule has 0 amide bonds. The van der Waals surface area contributed by atoms with Gasteiger partial charge in [-0.1, -0.05) is 23.5 Å². The molecule has 1 aliphatic heterocycles. The molecule has 4 rings (SSSR count). The van der Waals surface area contributed by atoms with Crippen molar-refractivity contribution in [3.8, 4) is 0 Å². The fraction of sp³-hybridized carbons (Fsp3) is 0.227. The van der Waals surface area contributed by atoms with Crippen LogP contribution in [0.5, 0.6) is 0 Å². The van der Waals surface area contributed by atoms with Gasteiger partial charge < -0.3 is 9.15 Å². The summed E-state index contributed by atoms with van der Waals surface area (Å²) in [5.74, 6) is 0.0891. The van der Waals surface area contributed by atoms with E-state index in [1.807, 2.05) is 30.5 Å². The van der Waals surface area contributed by atoms with Crippen LogP contribution in [0, 0.1) is 0 Å². The Bertz CT molecular complexity index is 1350. The minimum atomic E-state index is -0.614. The minimum absolute atomic E-state index is 0.232. The summed E-state index contributed by atoms with van der Waals surface area (Å²) in [6.07, 6.45) is 3.69. The van der Waals surface area contributed by atoms with E-state index in [9.17, 15) is 9.59 Å². The quantitative estimate of drug-likeness (QED) is 0.378. The summed E-state index contributed by atoms with van der Waals surface area (Å²) in [5.41, 5.74) is 1.51. The smallest absolute Gasteiger partial charge is 0.338 e. The predicted octanol–water partition coefficient (Wildman–Crippen LogP) is 3.88. The third-order valence-corrected chi connectivity index (χ3v) is 6.97. The molecule has 1 aromatic carbocycles. The highest BCUT2D eigenvalue weighted by Crippen LogP contribution is 2.31. The highest BCUT2D eigenvalue weighted by atomic mass is 79.9. The number of fused-ring (bicyclic) bond motifs is 1. The Hall–Kier alpha value is -2.36. The molecular weight excluding hydrogens is 500 g/mol. The summed E-state index contributed by atoms with van der Waals surface area (Å²) in [5, 5.41) is 0. The number of thiazole rings is 1. The van der Waals surface area contributed by atoms with Crippen LogP contribution in [0.15, 0.2) is 71.4 Å². The van der Waals surface area contributed by atoms with Gasteiger partial charge >= 0.3 is 5.97 Å². The van der Waals surface area contributed by atoms with Crippen molar-refractivity contribution in [3.05, 3.63) is 83.3 Å². The fourth-order valence-corrected chi connectivity index (χ4v) is 5.18. The number of aromatic nitrogens is 1. The predicted molar refractivity (Wildman–Crippen MR) is 125 cm³/mol. The maximum atomic E-state index is 13.4. The van der Waals surface area contributed by atoms with E-state index in [1.165, 1.54) is 11.3 Å². The van der Waals surface area contributed by atoms with Crippen molar-refractivity contribution in [1.82, 2.24) is 4.57 Å². The summed E-state index contributed by atoms with van der Waals surface area (Å²) in [6.45, 7) is 3.77. The highest BCUT2D eigenvalue weighted by Gasteiger charge is 2.33. The number of rotatable bonds is 5. The number of ether oxygens (including phenoxy) is 1. The van der Waals surface area contributed by atoms with Gasteiger partial charge in [-0.15, -0.1) is 11.8 Å². The molecule has 1 aliphatic rings. The molecule has 6 nitrogen and oxygen atoms in total. The number of esters is 1. The molecule has 160 valence electrons. The number of carbonyl (C=O) groups is 1. The van der Waals surface area contributed by atoms with Gasteiger partial charge in [-0.25, -0.2) is 9.79 Å². The molecule has 0 radical (unpaired) electrons. The molecule has 0 spiro atoms. The Kier molecular flexibility index (Phi) is 6.36. The van der Waals surface area contributed by atoms with Crippen molar-refractivity contribution in [2.45, 2.75) is 24.8 Å². The van der Waals surface area contributed by atoms with Crippen molar-refractivity contribution in [1.29, 1.82) is 0 Å². The average Bonchev–Trinajstić information content (AvgIpc) is 3.30. The Morgan fingerprint density at radius 2 is 2.06 bits per heavy atom. The van der Waals surface area contributed by atoms with Crippen LogP contribution in [-0.4, -0.2) is 23.4 Å². The SMILES string of the molecule is CCOC(=O)C1=C(C)N=c2s/c(=C\c3ccc(Br)o3)c(=O)n2[C@H]1c1ccc(SC)cc1. The molecule has 2 aromatic heterocycles. The van der Waals surface area contributed by atoms with E-state index in [1.54, 1.807) is 48.4 Å². The van der Waals surface area contributed by atoms with Gasteiger partial charge in [0.1, 0.15) is 5.76 Å². The van der Waals surface area contributed by atoms with Crippen LogP contribution in [0.4, 0.5) is 0 Å². The lowest BCUT2D eigenvalue weighted by molar-refractivity contribution is -0.139. The van der Waals surface area contributed by atoms with Gasteiger partial charge in [0.25, 0.3) is 5.56 Å². The number of hydrogen-bond acceptors (Lipinski definition) is 7. The normalized spacial score (nSPS) is 16.3. The topological polar surface area (TPSA) is 73.8 Å². The first-order valence-corrected chi connectivity index (χ1v) is 12.3. The van der Waals surface area contributed by atoms with E-state index >= 15 is 0 Å². The van der Waals surface area contributed by atoms with Crippen LogP contribution >= 0.6 is 39.0 Å². The lowest BCUT2D eigenvalue weighted by atomic mass is 9.96. The molecule has 0 saturated carbocycles. The Morgan fingerprint density at radius 1 is 1.32 bits per heavy atom. The first kappa shape index (κ1) is 21.9. The largest absolute Gasteiger partial charge is 0.463 e. The molecule has 0 bridgehead atoms. The van der Waals surface area contributed by atoms with E-state index in [2.05, 4.69) is 20.9 Å². The lowest BCUT2D eigenvalue weighted by Gasteiger charge is -2.24. The highest BCUT2D eigenvalue weighted by molar-refractivity contribution is 9.10. The van der Waals surface area contributed by atoms with E-state index in [0.29, 0.717) is 31.0 Å². The summed E-state index contributed by atoms with van der Waals surface area (Å²) < 4.78 is 13.5. The third-order valence-electron chi connectivity index (χ3n) is 4.82. The zero-order valence-electron chi connectivity index (χ0n) is 17.0. The van der Waals surface area contributed by atoms with Crippen LogP contribution < -0.4 is 14.9 Å². The lowest BCUT2D eigenvalue weighted by Crippen LogP contribution is -2.39. The molecular formula is C22H19BrN2O4S2. The molecule has 31 heavy (non-hydrogen) atoms. The number of benzene rings is 1. The van der Waals surface area contributed by atoms with Crippen LogP contribution in [0.2, 0.25) is 0 Å². The molecule has 0 saturated heterocycles. The molecule has 0 aliphatic carbocycles. The second-order valence-electron chi connectivity index (χ2n) is 6.72. The first-order chi connectivity index (χ1) is 14.9. The standard InChI is InChI=1S/C22H19BrN2O4S2/c1-4-28-21(27)18-12(2)24-22-25(19(18)13-5-8-15(30-3)9-6-13)20(26)16(31-22)11-14-7-10-17(23)29-14/h5-11,19H,4H2,1-3H3/b16-11-/t19-/m0/s1. The minimum Gasteiger partial charge on any atom is -0.463 e. The van der Waals surface area contributed by atoms with Gasteiger partial charge in [-0.2, -0.15) is 0 Å². The number of carbonyl (C=O) groups excluding carboxylic acids is 1. The van der Waals surface area contributed by atoms with E-state index in [-0.39, 0.29) is 12.2 Å². The zero-order valence-corrected chi connectivity index (χ0v) is 20.3. The number of thioether (sulfide) groups is 1. The average molecular weight is 519 g/mol. The molecule has 1 atom stereocenters. The van der Waals surface area contributed by atoms with E-state index in [0.717, 1.165) is 10.5 Å². The number of halogens is 1. The van der Waals surface area contributed by atoms with Crippen molar-refractivity contribution in [3.63, 3.8) is 0 Å². The maximum Gasteiger partial charge on any atom is 0.338 e. The van der Waals surface area contributed by atoms with Gasteiger partial charge in [0.05, 0.1) is 28.5 Å². The number of furan rings is 1. The molecule has 0 unspecified atom stereocenters. The molecule has 0 fully saturated rings. The monoisotopic (exact) mass is 518 g/mol. The van der Waals surface area contributed by atoms with Gasteiger partial charge in [0.15, 0.2) is 9.47 Å². The van der Waals surface area contributed by atoms with Crippen LogP contribution in [0.1, 0.15) is 31.2 Å². The second kappa shape index (κ2) is 9.02. The first-order valence-electron chi connectivity index (χ1n) is 9.52. The van der Waals surface area contributed by atoms with Gasteiger partial charge in [-0.05, 0) is 65.9 Å². The van der Waals surface area contributed by atoms with Gasteiger partial charge in [0, 0.05) is 11.0 Å². The second-order valence-corrected chi connectivity index (χ2v) is 9.39. The third kappa shape index (κ3) is 4.22. The molecule has 9 heteroatoms. The summed E-state index contributed by atoms with van der Waals surface area (Å²) in [6, 6.07) is 10.8. The summed E-state index contributed by atoms with van der Waals surface area (Å²) >= 11 is 6.17. The Balaban J connectivity index is 1.94. The molecule has 0 N–H and O–H groups in total. The van der Waals surface area contributed by atoms with Gasteiger partial charge in [-0.3, -0.25) is 9.36 Å². The number of hydrogen-bond donors (Lipinski definition) is 0. The van der Waals surface area contributed by atoms with E-state index < -0.39 is 12.0 Å². The molecule has 3 heterocycles. The van der Waals surface area contributed by atoms with Gasteiger partial charge in [0.2, 0.25) is 0 Å². The van der Waals surface area contributed by atoms with Crippen LogP contribution in [0.25, 0.3) is 6.08 Å². The zero-order chi connectivity index (χ0) is 22.1. The number of allylic oxidation sites excluding steroid dienone is 1. The maximum absolute atomic E-state index is 13.4. The van der Waals surface area contributed by atoms with E-state index in [4.69, 9.17) is 9.15 Å². The number of nitrogens with zero attached hydrogens (tertiary/aromatic N) is 2. The van der Waals surface area contributed by atoms with Crippen molar-refractivity contribution in [2.75, 3.05) is 12.9 Å². The summed E-state index contributed by atoms with van der Waals surface area (Å²) in [7, 11) is 0. The van der Waals surface area contributed by atoms with Crippen molar-refractivity contribution < 1.29 is 13.9 Å². The fourth-order valence-electron chi connectivity index (χ4n) is 3.43. The molecule has 3 aromatic rings.